The summed E-state index contributed by atoms with van der Waals surface area (Å²) in [5.74, 6) is 0.152. The number of likely N-dealkylation sites (tertiary alicyclic amines) is 1. The van der Waals surface area contributed by atoms with Crippen molar-refractivity contribution in [1.29, 1.82) is 0 Å². The molecule has 2 aliphatic rings. The summed E-state index contributed by atoms with van der Waals surface area (Å²) in [6.45, 7) is 3.90. The Morgan fingerprint density at radius 3 is 2.91 bits per heavy atom. The van der Waals surface area contributed by atoms with Crippen molar-refractivity contribution in [2.75, 3.05) is 26.3 Å². The molecule has 0 spiro atoms. The van der Waals surface area contributed by atoms with Crippen molar-refractivity contribution < 1.29 is 9.53 Å². The van der Waals surface area contributed by atoms with Crippen LogP contribution in [-0.4, -0.2) is 59.0 Å². The van der Waals surface area contributed by atoms with Crippen LogP contribution >= 0.6 is 0 Å². The van der Waals surface area contributed by atoms with Crippen LogP contribution in [0.25, 0.3) is 0 Å². The Morgan fingerprint density at radius 2 is 2.14 bits per heavy atom. The monoisotopic (exact) mass is 306 g/mol. The van der Waals surface area contributed by atoms with Crippen molar-refractivity contribution in [3.63, 3.8) is 0 Å². The molecule has 0 aromatic carbocycles. The van der Waals surface area contributed by atoms with Gasteiger partial charge >= 0.3 is 0 Å². The maximum atomic E-state index is 12.3. The van der Waals surface area contributed by atoms with Crippen LogP contribution in [-0.2, 0) is 16.1 Å². The summed E-state index contributed by atoms with van der Waals surface area (Å²) in [7, 11) is 0. The number of carbonyl (C=O) groups excluding carboxylic acids is 1. The SMILES string of the molecule is O=C(CN1CCCC[C@@H]1Cn1cccn1)NC1CCOCC1. The zero-order valence-electron chi connectivity index (χ0n) is 13.1. The van der Waals surface area contributed by atoms with Crippen LogP contribution in [0.1, 0.15) is 32.1 Å². The molecule has 1 amide bonds. The third-order valence-corrected chi connectivity index (χ3v) is 4.64. The van der Waals surface area contributed by atoms with Crippen molar-refractivity contribution in [3.8, 4) is 0 Å². The predicted molar refractivity (Wildman–Crippen MR) is 83.4 cm³/mol. The molecule has 2 fully saturated rings. The molecule has 1 aromatic heterocycles. The smallest absolute Gasteiger partial charge is 0.234 e. The maximum Gasteiger partial charge on any atom is 0.234 e. The first-order valence-electron chi connectivity index (χ1n) is 8.40. The van der Waals surface area contributed by atoms with Crippen molar-refractivity contribution in [2.45, 2.75) is 50.7 Å². The molecule has 1 aromatic rings. The van der Waals surface area contributed by atoms with E-state index in [0.717, 1.165) is 45.6 Å². The second kappa shape index (κ2) is 7.74. The summed E-state index contributed by atoms with van der Waals surface area (Å²) in [6, 6.07) is 2.65. The first kappa shape index (κ1) is 15.5. The van der Waals surface area contributed by atoms with Gasteiger partial charge in [-0.2, -0.15) is 5.10 Å². The molecule has 3 heterocycles. The number of hydrogen-bond acceptors (Lipinski definition) is 4. The molecule has 0 saturated carbocycles. The summed E-state index contributed by atoms with van der Waals surface area (Å²) in [6.07, 6.45) is 9.24. The molecular formula is C16H26N4O2. The molecule has 0 bridgehead atoms. The number of rotatable bonds is 5. The lowest BCUT2D eigenvalue weighted by atomic mass is 10.0. The number of aromatic nitrogens is 2. The molecule has 22 heavy (non-hydrogen) atoms. The van der Waals surface area contributed by atoms with E-state index in [1.807, 2.05) is 23.1 Å². The van der Waals surface area contributed by atoms with Crippen LogP contribution in [0.4, 0.5) is 0 Å². The Labute approximate surface area is 131 Å². The number of nitrogens with zero attached hydrogens (tertiary/aromatic N) is 3. The summed E-state index contributed by atoms with van der Waals surface area (Å²) in [4.78, 5) is 14.6. The van der Waals surface area contributed by atoms with E-state index < -0.39 is 0 Å². The number of hydrogen-bond donors (Lipinski definition) is 1. The van der Waals surface area contributed by atoms with Gasteiger partial charge in [0.15, 0.2) is 0 Å². The average molecular weight is 306 g/mol. The van der Waals surface area contributed by atoms with Gasteiger partial charge in [0.05, 0.1) is 13.1 Å². The van der Waals surface area contributed by atoms with Gasteiger partial charge < -0.3 is 10.1 Å². The summed E-state index contributed by atoms with van der Waals surface area (Å²) >= 11 is 0. The fourth-order valence-corrected chi connectivity index (χ4v) is 3.40. The van der Waals surface area contributed by atoms with Crippen molar-refractivity contribution >= 4 is 5.91 Å². The Balaban J connectivity index is 1.50. The van der Waals surface area contributed by atoms with E-state index >= 15 is 0 Å². The van der Waals surface area contributed by atoms with Crippen LogP contribution in [0.15, 0.2) is 18.5 Å². The Kier molecular flexibility index (Phi) is 5.45. The molecule has 1 atom stereocenters. The lowest BCUT2D eigenvalue weighted by Crippen LogP contribution is -2.49. The van der Waals surface area contributed by atoms with Crippen LogP contribution < -0.4 is 5.32 Å². The molecule has 6 nitrogen and oxygen atoms in total. The van der Waals surface area contributed by atoms with Gasteiger partial charge in [0.2, 0.25) is 5.91 Å². The first-order chi connectivity index (χ1) is 10.8. The molecule has 0 unspecified atom stereocenters. The minimum Gasteiger partial charge on any atom is -0.381 e. The summed E-state index contributed by atoms with van der Waals surface area (Å²) < 4.78 is 7.31. The zero-order valence-corrected chi connectivity index (χ0v) is 13.1. The second-order valence-corrected chi connectivity index (χ2v) is 6.30. The molecule has 122 valence electrons. The lowest BCUT2D eigenvalue weighted by molar-refractivity contribution is -0.124. The van der Waals surface area contributed by atoms with Gasteiger partial charge in [-0.1, -0.05) is 6.42 Å². The first-order valence-corrected chi connectivity index (χ1v) is 8.40. The molecule has 3 rings (SSSR count). The fraction of sp³-hybridized carbons (Fsp3) is 0.750. The highest BCUT2D eigenvalue weighted by molar-refractivity contribution is 5.78. The van der Waals surface area contributed by atoms with Crippen molar-refractivity contribution in [3.05, 3.63) is 18.5 Å². The van der Waals surface area contributed by atoms with Crippen LogP contribution in [0.2, 0.25) is 0 Å². The van der Waals surface area contributed by atoms with E-state index in [2.05, 4.69) is 15.3 Å². The van der Waals surface area contributed by atoms with Crippen LogP contribution in [0, 0.1) is 0 Å². The quantitative estimate of drug-likeness (QED) is 0.883. The minimum absolute atomic E-state index is 0.152. The molecule has 6 heteroatoms. The zero-order chi connectivity index (χ0) is 15.2. The lowest BCUT2D eigenvalue weighted by Gasteiger charge is -2.35. The number of ether oxygens (including phenoxy) is 1. The third kappa shape index (κ3) is 4.30. The number of piperidine rings is 1. The average Bonchev–Trinajstić information content (AvgIpc) is 3.03. The largest absolute Gasteiger partial charge is 0.381 e. The standard InChI is InChI=1S/C16H26N4O2/c21-16(18-14-5-10-22-11-6-14)13-19-8-2-1-4-15(19)12-20-9-3-7-17-20/h3,7,9,14-15H,1-2,4-6,8,10-13H2,(H,18,21)/t15-/m1/s1. The molecule has 0 aliphatic carbocycles. The van der Waals surface area contributed by atoms with Crippen molar-refractivity contribution in [2.24, 2.45) is 0 Å². The van der Waals surface area contributed by atoms with Crippen LogP contribution in [0.3, 0.4) is 0 Å². The van der Waals surface area contributed by atoms with Gasteiger partial charge in [-0.05, 0) is 38.3 Å². The minimum atomic E-state index is 0.152. The van der Waals surface area contributed by atoms with Gasteiger partial charge in [0.25, 0.3) is 0 Å². The highest BCUT2D eigenvalue weighted by Gasteiger charge is 2.25. The number of amides is 1. The Hall–Kier alpha value is -1.40. The van der Waals surface area contributed by atoms with Gasteiger partial charge in [-0.3, -0.25) is 14.4 Å². The van der Waals surface area contributed by atoms with E-state index in [0.29, 0.717) is 12.6 Å². The van der Waals surface area contributed by atoms with Gasteiger partial charge in [0.1, 0.15) is 0 Å². The summed E-state index contributed by atoms with van der Waals surface area (Å²) in [5.41, 5.74) is 0. The van der Waals surface area contributed by atoms with Crippen LogP contribution in [0.5, 0.6) is 0 Å². The third-order valence-electron chi connectivity index (χ3n) is 4.64. The fourth-order valence-electron chi connectivity index (χ4n) is 3.40. The molecule has 0 radical (unpaired) electrons. The Morgan fingerprint density at radius 1 is 1.27 bits per heavy atom. The molecule has 2 saturated heterocycles. The van der Waals surface area contributed by atoms with Gasteiger partial charge in [-0.25, -0.2) is 0 Å². The Bertz CT molecular complexity index is 457. The van der Waals surface area contributed by atoms with Crippen molar-refractivity contribution in [1.82, 2.24) is 20.0 Å². The number of carbonyl (C=O) groups is 1. The second-order valence-electron chi connectivity index (χ2n) is 6.30. The molecule has 2 aliphatic heterocycles. The maximum absolute atomic E-state index is 12.3. The summed E-state index contributed by atoms with van der Waals surface area (Å²) in [5, 5.41) is 7.46. The van der Waals surface area contributed by atoms with E-state index in [4.69, 9.17) is 4.74 Å². The van der Waals surface area contributed by atoms with E-state index in [1.165, 1.54) is 12.8 Å². The normalized spacial score (nSPS) is 24.3. The van der Waals surface area contributed by atoms with Gasteiger partial charge in [0, 0.05) is 37.7 Å². The molecular weight excluding hydrogens is 280 g/mol. The van der Waals surface area contributed by atoms with Gasteiger partial charge in [-0.15, -0.1) is 0 Å². The predicted octanol–water partition coefficient (Wildman–Crippen LogP) is 1.03. The van der Waals surface area contributed by atoms with E-state index in [1.54, 1.807) is 0 Å². The van der Waals surface area contributed by atoms with E-state index in [9.17, 15) is 4.79 Å². The van der Waals surface area contributed by atoms with E-state index in [-0.39, 0.29) is 11.9 Å². The topological polar surface area (TPSA) is 59.4 Å². The highest BCUT2D eigenvalue weighted by Crippen LogP contribution is 2.18. The highest BCUT2D eigenvalue weighted by atomic mass is 16.5. The number of nitrogens with one attached hydrogen (secondary N) is 1. The molecule has 1 N–H and O–H groups in total.